The summed E-state index contributed by atoms with van der Waals surface area (Å²) < 4.78 is 13.3. The van der Waals surface area contributed by atoms with E-state index in [1.807, 2.05) is 6.92 Å². The van der Waals surface area contributed by atoms with Gasteiger partial charge in [-0.25, -0.2) is 4.39 Å². The average Bonchev–Trinajstić information content (AvgIpc) is 2.27. The number of aromatic nitrogens is 1. The van der Waals surface area contributed by atoms with Crippen LogP contribution in [-0.2, 0) is 0 Å². The van der Waals surface area contributed by atoms with E-state index in [1.54, 1.807) is 25.1 Å². The minimum absolute atomic E-state index is 0.314. The summed E-state index contributed by atoms with van der Waals surface area (Å²) in [6.07, 6.45) is 0. The van der Waals surface area contributed by atoms with Crippen LogP contribution in [0.25, 0.3) is 11.3 Å². The molecule has 1 aromatic heterocycles. The van der Waals surface area contributed by atoms with Gasteiger partial charge in [-0.1, -0.05) is 11.6 Å². The van der Waals surface area contributed by atoms with Gasteiger partial charge in [0, 0.05) is 5.56 Å². The van der Waals surface area contributed by atoms with E-state index >= 15 is 0 Å². The number of nitrogens with two attached hydrogens (primary N) is 1. The fourth-order valence-corrected chi connectivity index (χ4v) is 1.82. The normalized spacial score (nSPS) is 10.6. The second-order valence-electron chi connectivity index (χ2n) is 3.95. The number of halogens is 2. The summed E-state index contributed by atoms with van der Waals surface area (Å²) in [6.45, 7) is 3.52. The monoisotopic (exact) mass is 250 g/mol. The van der Waals surface area contributed by atoms with Crippen molar-refractivity contribution in [3.05, 3.63) is 46.4 Å². The van der Waals surface area contributed by atoms with Crippen molar-refractivity contribution < 1.29 is 4.39 Å². The standard InChI is InChI=1S/C13H12ClFN2/c1-7-5-9(10(14)6-11(7)15)13-4-3-12(16)8(2)17-13/h3-6H,16H2,1-2H3. The predicted octanol–water partition coefficient (Wildman–Crippen LogP) is 3.74. The van der Waals surface area contributed by atoms with Crippen LogP contribution in [0.15, 0.2) is 24.3 Å². The van der Waals surface area contributed by atoms with Crippen molar-refractivity contribution in [1.29, 1.82) is 0 Å². The first-order chi connectivity index (χ1) is 7.99. The van der Waals surface area contributed by atoms with Crippen molar-refractivity contribution in [2.24, 2.45) is 0 Å². The highest BCUT2D eigenvalue weighted by molar-refractivity contribution is 6.33. The van der Waals surface area contributed by atoms with Gasteiger partial charge in [0.25, 0.3) is 0 Å². The maximum absolute atomic E-state index is 13.3. The molecule has 0 unspecified atom stereocenters. The van der Waals surface area contributed by atoms with Gasteiger partial charge in [0.05, 0.1) is 22.1 Å². The molecule has 4 heteroatoms. The molecular formula is C13H12ClFN2. The summed E-state index contributed by atoms with van der Waals surface area (Å²) in [5, 5.41) is 0.352. The second-order valence-corrected chi connectivity index (χ2v) is 4.36. The Labute approximate surface area is 104 Å². The van der Waals surface area contributed by atoms with Crippen molar-refractivity contribution >= 4 is 17.3 Å². The van der Waals surface area contributed by atoms with Crippen LogP contribution < -0.4 is 5.73 Å². The number of benzene rings is 1. The molecule has 2 N–H and O–H groups in total. The first-order valence-electron chi connectivity index (χ1n) is 5.18. The molecule has 1 heterocycles. The maximum atomic E-state index is 13.3. The highest BCUT2D eigenvalue weighted by Crippen LogP contribution is 2.29. The number of nitrogens with zero attached hydrogens (tertiary/aromatic N) is 1. The van der Waals surface area contributed by atoms with Gasteiger partial charge >= 0.3 is 0 Å². The lowest BCUT2D eigenvalue weighted by atomic mass is 10.1. The minimum atomic E-state index is -0.314. The van der Waals surface area contributed by atoms with E-state index in [4.69, 9.17) is 17.3 Å². The van der Waals surface area contributed by atoms with Crippen molar-refractivity contribution in [2.45, 2.75) is 13.8 Å². The molecule has 88 valence electrons. The number of rotatable bonds is 1. The molecule has 17 heavy (non-hydrogen) atoms. The van der Waals surface area contributed by atoms with E-state index in [-0.39, 0.29) is 5.82 Å². The van der Waals surface area contributed by atoms with Gasteiger partial charge in [0.15, 0.2) is 0 Å². The van der Waals surface area contributed by atoms with E-state index in [0.717, 1.165) is 5.69 Å². The van der Waals surface area contributed by atoms with Crippen LogP contribution in [0.1, 0.15) is 11.3 Å². The smallest absolute Gasteiger partial charge is 0.127 e. The first-order valence-corrected chi connectivity index (χ1v) is 5.56. The number of hydrogen-bond acceptors (Lipinski definition) is 2. The number of anilines is 1. The number of pyridine rings is 1. The lowest BCUT2D eigenvalue weighted by molar-refractivity contribution is 0.619. The number of hydrogen-bond donors (Lipinski definition) is 1. The van der Waals surface area contributed by atoms with Gasteiger partial charge < -0.3 is 5.73 Å². The van der Waals surface area contributed by atoms with Crippen LogP contribution in [0.2, 0.25) is 5.02 Å². The molecule has 0 spiro atoms. The van der Waals surface area contributed by atoms with E-state index in [1.165, 1.54) is 6.07 Å². The van der Waals surface area contributed by atoms with Crippen LogP contribution in [0, 0.1) is 19.7 Å². The van der Waals surface area contributed by atoms with E-state index < -0.39 is 0 Å². The molecule has 0 saturated carbocycles. The zero-order valence-electron chi connectivity index (χ0n) is 9.59. The Balaban J connectivity index is 2.60. The van der Waals surface area contributed by atoms with Crippen molar-refractivity contribution in [2.75, 3.05) is 5.73 Å². The maximum Gasteiger partial charge on any atom is 0.127 e. The zero-order chi connectivity index (χ0) is 12.6. The summed E-state index contributed by atoms with van der Waals surface area (Å²) in [6, 6.07) is 6.54. The minimum Gasteiger partial charge on any atom is -0.397 e. The summed E-state index contributed by atoms with van der Waals surface area (Å²) in [4.78, 5) is 4.34. The molecule has 0 aliphatic carbocycles. The second kappa shape index (κ2) is 4.34. The van der Waals surface area contributed by atoms with Crippen molar-refractivity contribution in [1.82, 2.24) is 4.98 Å². The third kappa shape index (κ3) is 2.24. The van der Waals surface area contributed by atoms with Crippen molar-refractivity contribution in [3.63, 3.8) is 0 Å². The third-order valence-corrected chi connectivity index (χ3v) is 2.96. The molecule has 1 aromatic carbocycles. The molecule has 0 aliphatic rings. The van der Waals surface area contributed by atoms with Gasteiger partial charge in [-0.3, -0.25) is 4.98 Å². The topological polar surface area (TPSA) is 38.9 Å². The van der Waals surface area contributed by atoms with E-state index in [2.05, 4.69) is 4.98 Å². The highest BCUT2D eigenvalue weighted by atomic mass is 35.5. The van der Waals surface area contributed by atoms with Crippen LogP contribution in [0.5, 0.6) is 0 Å². The zero-order valence-corrected chi connectivity index (χ0v) is 10.3. The molecule has 0 amide bonds. The van der Waals surface area contributed by atoms with Gasteiger partial charge in [0.2, 0.25) is 0 Å². The van der Waals surface area contributed by atoms with E-state index in [9.17, 15) is 4.39 Å². The molecule has 0 atom stereocenters. The molecular weight excluding hydrogens is 239 g/mol. The van der Waals surface area contributed by atoms with Crippen LogP contribution in [0.4, 0.5) is 10.1 Å². The molecule has 0 bridgehead atoms. The van der Waals surface area contributed by atoms with Crippen LogP contribution in [-0.4, -0.2) is 4.98 Å². The van der Waals surface area contributed by atoms with Gasteiger partial charge in [-0.2, -0.15) is 0 Å². The van der Waals surface area contributed by atoms with Crippen LogP contribution in [0.3, 0.4) is 0 Å². The fraction of sp³-hybridized carbons (Fsp3) is 0.154. The Morgan fingerprint density at radius 1 is 1.24 bits per heavy atom. The summed E-state index contributed by atoms with van der Waals surface area (Å²) in [5.74, 6) is -0.314. The first kappa shape index (κ1) is 11.9. The molecule has 0 radical (unpaired) electrons. The largest absolute Gasteiger partial charge is 0.397 e. The molecule has 2 nitrogen and oxygen atoms in total. The lowest BCUT2D eigenvalue weighted by Gasteiger charge is -2.08. The fourth-order valence-electron chi connectivity index (χ4n) is 1.58. The molecule has 0 aliphatic heterocycles. The number of aryl methyl sites for hydroxylation is 2. The number of nitrogen functional groups attached to an aromatic ring is 1. The third-order valence-electron chi connectivity index (χ3n) is 2.65. The van der Waals surface area contributed by atoms with Gasteiger partial charge in [0.1, 0.15) is 5.82 Å². The summed E-state index contributed by atoms with van der Waals surface area (Å²) in [5.41, 5.74) is 9.03. The average molecular weight is 251 g/mol. The van der Waals surface area contributed by atoms with Crippen molar-refractivity contribution in [3.8, 4) is 11.3 Å². The Kier molecular flexibility index (Phi) is 3.03. The summed E-state index contributed by atoms with van der Waals surface area (Å²) >= 11 is 6.02. The molecule has 2 rings (SSSR count). The lowest BCUT2D eigenvalue weighted by Crippen LogP contribution is -1.95. The molecule has 2 aromatic rings. The SMILES string of the molecule is Cc1cc(-c2ccc(N)c(C)n2)c(Cl)cc1F. The molecule has 0 saturated heterocycles. The van der Waals surface area contributed by atoms with Gasteiger partial charge in [-0.05, 0) is 43.7 Å². The van der Waals surface area contributed by atoms with Crippen LogP contribution >= 0.6 is 11.6 Å². The quantitative estimate of drug-likeness (QED) is 0.837. The molecule has 0 fully saturated rings. The Morgan fingerprint density at radius 3 is 2.59 bits per heavy atom. The Hall–Kier alpha value is -1.61. The highest BCUT2D eigenvalue weighted by Gasteiger charge is 2.09. The Bertz CT molecular complexity index is 582. The Morgan fingerprint density at radius 2 is 1.94 bits per heavy atom. The van der Waals surface area contributed by atoms with Gasteiger partial charge in [-0.15, -0.1) is 0 Å². The summed E-state index contributed by atoms with van der Waals surface area (Å²) in [7, 11) is 0. The predicted molar refractivity (Wildman–Crippen MR) is 68.5 cm³/mol. The van der Waals surface area contributed by atoms with E-state index in [0.29, 0.717) is 27.5 Å².